The van der Waals surface area contributed by atoms with E-state index in [9.17, 15) is 9.59 Å². The van der Waals surface area contributed by atoms with Crippen molar-refractivity contribution in [2.75, 3.05) is 19.7 Å². The monoisotopic (exact) mass is 544 g/mol. The van der Waals surface area contributed by atoms with Gasteiger partial charge < -0.3 is 14.5 Å². The number of fused-ring (bicyclic) bond motifs is 1. The van der Waals surface area contributed by atoms with Crippen molar-refractivity contribution in [1.29, 1.82) is 0 Å². The molecule has 0 fully saturated rings. The van der Waals surface area contributed by atoms with E-state index in [2.05, 4.69) is 11.4 Å². The summed E-state index contributed by atoms with van der Waals surface area (Å²) in [5.41, 5.74) is 1.84. The van der Waals surface area contributed by atoms with E-state index in [-0.39, 0.29) is 24.4 Å². The third-order valence-electron chi connectivity index (χ3n) is 6.41. The smallest absolute Gasteiger partial charge is 0.256 e. The number of nitrogens with zero attached hydrogens (tertiary/aromatic N) is 2. The van der Waals surface area contributed by atoms with Gasteiger partial charge in [0.1, 0.15) is 18.9 Å². The number of hydrogen-bond donors (Lipinski definition) is 0. The average molecular weight is 546 g/mol. The van der Waals surface area contributed by atoms with Crippen LogP contribution < -0.4 is 4.74 Å². The summed E-state index contributed by atoms with van der Waals surface area (Å²) in [6.45, 7) is 8.52. The Labute approximate surface area is 226 Å². The zero-order chi connectivity index (χ0) is 26.0. The topological polar surface area (TPSA) is 49.9 Å². The van der Waals surface area contributed by atoms with Crippen LogP contribution in [0.2, 0.25) is 10.0 Å². The lowest BCUT2D eigenvalue weighted by Crippen LogP contribution is -2.53. The van der Waals surface area contributed by atoms with E-state index in [0.29, 0.717) is 34.5 Å². The summed E-state index contributed by atoms with van der Waals surface area (Å²) < 4.78 is 6.15. The lowest BCUT2D eigenvalue weighted by atomic mass is 9.99. The van der Waals surface area contributed by atoms with Gasteiger partial charge in [0.25, 0.3) is 5.91 Å². The van der Waals surface area contributed by atoms with Gasteiger partial charge in [0.2, 0.25) is 5.91 Å². The molecule has 36 heavy (non-hydrogen) atoms. The summed E-state index contributed by atoms with van der Waals surface area (Å²) in [5, 5.41) is 3.11. The van der Waals surface area contributed by atoms with E-state index in [1.165, 1.54) is 4.88 Å². The van der Waals surface area contributed by atoms with Gasteiger partial charge in [-0.15, -0.1) is 11.3 Å². The Bertz CT molecular complexity index is 1270. The second kappa shape index (κ2) is 10.8. The van der Waals surface area contributed by atoms with Crippen molar-refractivity contribution < 1.29 is 14.3 Å². The van der Waals surface area contributed by atoms with Crippen LogP contribution in [0.5, 0.6) is 5.75 Å². The Morgan fingerprint density at radius 1 is 1.11 bits per heavy atom. The maximum atomic E-state index is 13.8. The molecule has 0 N–H and O–H groups in total. The molecule has 190 valence electrons. The second-order valence-corrected chi connectivity index (χ2v) is 11.7. The molecule has 2 aromatic carbocycles. The third kappa shape index (κ3) is 5.72. The van der Waals surface area contributed by atoms with Crippen LogP contribution in [0.3, 0.4) is 0 Å². The molecular weight excluding hydrogens is 515 g/mol. The minimum Gasteiger partial charge on any atom is -0.491 e. The van der Waals surface area contributed by atoms with Crippen LogP contribution in [0.15, 0.2) is 53.9 Å². The molecule has 0 aliphatic carbocycles. The highest BCUT2D eigenvalue weighted by atomic mass is 35.5. The summed E-state index contributed by atoms with van der Waals surface area (Å²) in [7, 11) is 0. The maximum Gasteiger partial charge on any atom is 0.256 e. The molecule has 5 nitrogen and oxygen atoms in total. The number of benzene rings is 2. The quantitative estimate of drug-likeness (QED) is 0.342. The predicted molar refractivity (Wildman–Crippen MR) is 146 cm³/mol. The summed E-state index contributed by atoms with van der Waals surface area (Å²) in [6.07, 6.45) is 0.781. The van der Waals surface area contributed by atoms with Gasteiger partial charge >= 0.3 is 0 Å². The van der Waals surface area contributed by atoms with Gasteiger partial charge in [-0.1, -0.05) is 35.3 Å². The van der Waals surface area contributed by atoms with Gasteiger partial charge in [0.15, 0.2) is 0 Å². The maximum absolute atomic E-state index is 13.8. The third-order valence-corrected chi connectivity index (χ3v) is 8.16. The molecule has 0 radical (unpaired) electrons. The second-order valence-electron chi connectivity index (χ2n) is 9.92. The standard InChI is InChI=1S/C28H30Cl2N2O3S/c1-18-15-19(9-10-22(18)29)35-17-24-21-12-14-36-25(21)11-13-31(24)26(33)16-32(28(2,3)4)27(34)20-7-5-6-8-23(20)30/h5-10,12,14-15,24H,11,13,16-17H2,1-4H3/t24-/m1/s1. The van der Waals surface area contributed by atoms with Crippen LogP contribution in [0.25, 0.3) is 0 Å². The first-order chi connectivity index (χ1) is 17.1. The zero-order valence-electron chi connectivity index (χ0n) is 20.9. The van der Waals surface area contributed by atoms with Crippen molar-refractivity contribution in [2.24, 2.45) is 0 Å². The lowest BCUT2D eigenvalue weighted by Gasteiger charge is -2.40. The fourth-order valence-electron chi connectivity index (χ4n) is 4.38. The number of carbonyl (C=O) groups is 2. The van der Waals surface area contributed by atoms with Crippen molar-refractivity contribution in [2.45, 2.75) is 45.7 Å². The number of ether oxygens (including phenoxy) is 1. The number of rotatable bonds is 6. The van der Waals surface area contributed by atoms with Gasteiger partial charge in [-0.2, -0.15) is 0 Å². The first-order valence-electron chi connectivity index (χ1n) is 11.9. The van der Waals surface area contributed by atoms with E-state index in [1.807, 2.05) is 50.8 Å². The van der Waals surface area contributed by atoms with Crippen molar-refractivity contribution in [3.8, 4) is 5.75 Å². The minimum absolute atomic E-state index is 0.0520. The van der Waals surface area contributed by atoms with Crippen LogP contribution in [0.1, 0.15) is 53.2 Å². The molecule has 4 rings (SSSR count). The van der Waals surface area contributed by atoms with E-state index in [1.54, 1.807) is 40.5 Å². The van der Waals surface area contributed by atoms with Gasteiger partial charge in [-0.05, 0) is 87.0 Å². The number of hydrogen-bond acceptors (Lipinski definition) is 4. The van der Waals surface area contributed by atoms with E-state index < -0.39 is 5.54 Å². The van der Waals surface area contributed by atoms with Gasteiger partial charge in [-0.25, -0.2) is 0 Å². The Kier molecular flexibility index (Phi) is 7.98. The normalized spacial score (nSPS) is 15.4. The summed E-state index contributed by atoms with van der Waals surface area (Å²) in [5.74, 6) is 0.319. The Balaban J connectivity index is 1.57. The van der Waals surface area contributed by atoms with Crippen molar-refractivity contribution in [1.82, 2.24) is 9.80 Å². The van der Waals surface area contributed by atoms with Crippen molar-refractivity contribution >= 4 is 46.4 Å². The highest BCUT2D eigenvalue weighted by Gasteiger charge is 2.36. The number of halogens is 2. The van der Waals surface area contributed by atoms with Crippen LogP contribution >= 0.6 is 34.5 Å². The molecule has 1 aliphatic heterocycles. The number of aryl methyl sites for hydroxylation is 1. The Hall–Kier alpha value is -2.54. The first-order valence-corrected chi connectivity index (χ1v) is 13.5. The van der Waals surface area contributed by atoms with Crippen molar-refractivity contribution in [3.63, 3.8) is 0 Å². The van der Waals surface area contributed by atoms with E-state index in [0.717, 1.165) is 17.5 Å². The molecule has 1 aromatic heterocycles. The largest absolute Gasteiger partial charge is 0.491 e. The Morgan fingerprint density at radius 3 is 2.56 bits per heavy atom. The molecule has 0 saturated carbocycles. The van der Waals surface area contributed by atoms with Crippen LogP contribution in [-0.4, -0.2) is 46.8 Å². The molecule has 1 atom stereocenters. The first kappa shape index (κ1) is 26.5. The molecular formula is C28H30Cl2N2O3S. The Morgan fingerprint density at radius 2 is 1.86 bits per heavy atom. The fraction of sp³-hybridized carbons (Fsp3) is 0.357. The summed E-state index contributed by atoms with van der Waals surface area (Å²) in [4.78, 5) is 31.9. The molecule has 8 heteroatoms. The van der Waals surface area contributed by atoms with Crippen LogP contribution in [0, 0.1) is 6.92 Å². The average Bonchev–Trinajstić information content (AvgIpc) is 3.31. The van der Waals surface area contributed by atoms with E-state index >= 15 is 0 Å². The van der Waals surface area contributed by atoms with E-state index in [4.69, 9.17) is 27.9 Å². The summed E-state index contributed by atoms with van der Waals surface area (Å²) in [6, 6.07) is 14.3. The molecule has 0 bridgehead atoms. The highest BCUT2D eigenvalue weighted by Crippen LogP contribution is 2.35. The van der Waals surface area contributed by atoms with Crippen LogP contribution in [0.4, 0.5) is 0 Å². The molecule has 0 spiro atoms. The molecule has 0 saturated heterocycles. The van der Waals surface area contributed by atoms with Crippen LogP contribution in [-0.2, 0) is 11.2 Å². The molecule has 0 unspecified atom stereocenters. The van der Waals surface area contributed by atoms with Gasteiger partial charge in [-0.3, -0.25) is 9.59 Å². The molecule has 2 heterocycles. The number of amides is 2. The molecule has 1 aliphatic rings. The number of carbonyl (C=O) groups excluding carboxylic acids is 2. The number of thiophene rings is 1. The predicted octanol–water partition coefficient (Wildman–Crippen LogP) is 6.81. The zero-order valence-corrected chi connectivity index (χ0v) is 23.2. The minimum atomic E-state index is -0.581. The van der Waals surface area contributed by atoms with Crippen molar-refractivity contribution in [3.05, 3.63) is 85.5 Å². The SMILES string of the molecule is Cc1cc(OC[C@@H]2c3ccsc3CCN2C(=O)CN(C(=O)c2ccccc2Cl)C(C)(C)C)ccc1Cl. The lowest BCUT2D eigenvalue weighted by molar-refractivity contribution is -0.136. The molecule has 2 amide bonds. The molecule has 3 aromatic rings. The fourth-order valence-corrected chi connectivity index (χ4v) is 5.64. The van der Waals surface area contributed by atoms with Gasteiger partial charge in [0.05, 0.1) is 16.6 Å². The van der Waals surface area contributed by atoms with Gasteiger partial charge in [0, 0.05) is 22.0 Å². The highest BCUT2D eigenvalue weighted by molar-refractivity contribution is 7.10. The summed E-state index contributed by atoms with van der Waals surface area (Å²) >= 11 is 14.2.